The van der Waals surface area contributed by atoms with Crippen LogP contribution in [0.4, 0.5) is 11.5 Å². The molecule has 0 radical (unpaired) electrons. The SMILES string of the molecule is O=C(Nc1cc(N2CCCC2c2ccccc2O)ccn1)c1ccccc1. The molecule has 1 aliphatic heterocycles. The van der Waals surface area contributed by atoms with Gasteiger partial charge in [-0.25, -0.2) is 4.98 Å². The molecule has 0 saturated carbocycles. The predicted molar refractivity (Wildman–Crippen MR) is 106 cm³/mol. The zero-order valence-corrected chi connectivity index (χ0v) is 14.9. The summed E-state index contributed by atoms with van der Waals surface area (Å²) < 4.78 is 0. The summed E-state index contributed by atoms with van der Waals surface area (Å²) in [6.45, 7) is 0.898. The molecule has 1 saturated heterocycles. The van der Waals surface area contributed by atoms with Crippen molar-refractivity contribution in [2.45, 2.75) is 18.9 Å². The predicted octanol–water partition coefficient (Wildman–Crippen LogP) is 4.38. The number of pyridine rings is 1. The summed E-state index contributed by atoms with van der Waals surface area (Å²) in [5.74, 6) is 0.657. The number of carbonyl (C=O) groups excluding carboxylic acids is 1. The summed E-state index contributed by atoms with van der Waals surface area (Å²) in [7, 11) is 0. The van der Waals surface area contributed by atoms with E-state index in [9.17, 15) is 9.90 Å². The summed E-state index contributed by atoms with van der Waals surface area (Å²) in [6.07, 6.45) is 3.73. The van der Waals surface area contributed by atoms with Gasteiger partial charge in [-0.1, -0.05) is 36.4 Å². The van der Waals surface area contributed by atoms with Gasteiger partial charge in [0.1, 0.15) is 11.6 Å². The molecular formula is C22H21N3O2. The van der Waals surface area contributed by atoms with Gasteiger partial charge in [-0.05, 0) is 37.1 Å². The molecule has 0 spiro atoms. The van der Waals surface area contributed by atoms with Gasteiger partial charge in [-0.2, -0.15) is 0 Å². The first kappa shape index (κ1) is 17.1. The maximum atomic E-state index is 12.4. The van der Waals surface area contributed by atoms with Crippen molar-refractivity contribution >= 4 is 17.4 Å². The average Bonchev–Trinajstić information content (AvgIpc) is 3.19. The monoisotopic (exact) mass is 359 g/mol. The zero-order chi connectivity index (χ0) is 18.6. The van der Waals surface area contributed by atoms with Crippen LogP contribution in [0.25, 0.3) is 0 Å². The van der Waals surface area contributed by atoms with Crippen molar-refractivity contribution in [3.63, 3.8) is 0 Å². The molecule has 1 aliphatic rings. The number of amides is 1. The second kappa shape index (κ2) is 7.50. The van der Waals surface area contributed by atoms with Gasteiger partial charge in [-0.3, -0.25) is 4.79 Å². The number of phenols is 1. The number of nitrogens with one attached hydrogen (secondary N) is 1. The molecule has 5 nitrogen and oxygen atoms in total. The molecular weight excluding hydrogens is 338 g/mol. The average molecular weight is 359 g/mol. The van der Waals surface area contributed by atoms with Crippen LogP contribution in [0.1, 0.15) is 34.8 Å². The first-order valence-electron chi connectivity index (χ1n) is 9.09. The molecule has 2 aromatic carbocycles. The lowest BCUT2D eigenvalue weighted by Gasteiger charge is -2.28. The molecule has 2 N–H and O–H groups in total. The van der Waals surface area contributed by atoms with Gasteiger partial charge < -0.3 is 15.3 Å². The Bertz CT molecular complexity index is 943. The van der Waals surface area contributed by atoms with Crippen molar-refractivity contribution in [1.82, 2.24) is 4.98 Å². The quantitative estimate of drug-likeness (QED) is 0.725. The zero-order valence-electron chi connectivity index (χ0n) is 14.9. The van der Waals surface area contributed by atoms with Crippen molar-refractivity contribution in [3.8, 4) is 5.75 Å². The molecule has 3 aromatic rings. The fraction of sp³-hybridized carbons (Fsp3) is 0.182. The van der Waals surface area contributed by atoms with Gasteiger partial charge in [0, 0.05) is 35.6 Å². The summed E-state index contributed by atoms with van der Waals surface area (Å²) in [5.41, 5.74) is 2.51. The van der Waals surface area contributed by atoms with E-state index in [1.165, 1.54) is 0 Å². The number of nitrogens with zero attached hydrogens (tertiary/aromatic N) is 2. The Balaban J connectivity index is 1.57. The van der Waals surface area contributed by atoms with Crippen LogP contribution in [0.5, 0.6) is 5.75 Å². The summed E-state index contributed by atoms with van der Waals surface area (Å²) >= 11 is 0. The van der Waals surface area contributed by atoms with E-state index in [4.69, 9.17) is 0 Å². The number of aromatic nitrogens is 1. The highest BCUT2D eigenvalue weighted by atomic mass is 16.3. The molecule has 0 bridgehead atoms. The number of phenolic OH excluding ortho intramolecular Hbond substituents is 1. The lowest BCUT2D eigenvalue weighted by molar-refractivity contribution is 0.102. The van der Waals surface area contributed by atoms with Crippen LogP contribution in [0.15, 0.2) is 72.9 Å². The van der Waals surface area contributed by atoms with Gasteiger partial charge in [0.15, 0.2) is 0 Å². The Morgan fingerprint density at radius 1 is 1.07 bits per heavy atom. The number of anilines is 2. The molecule has 5 heteroatoms. The molecule has 2 heterocycles. The first-order valence-corrected chi connectivity index (χ1v) is 9.09. The minimum absolute atomic E-state index is 0.117. The number of carbonyl (C=O) groups is 1. The molecule has 4 rings (SSSR count). The number of hydrogen-bond acceptors (Lipinski definition) is 4. The summed E-state index contributed by atoms with van der Waals surface area (Å²) in [6, 6.07) is 20.5. The van der Waals surface area contributed by atoms with Crippen LogP contribution >= 0.6 is 0 Å². The maximum Gasteiger partial charge on any atom is 0.256 e. The molecule has 136 valence electrons. The largest absolute Gasteiger partial charge is 0.508 e. The molecule has 1 fully saturated rings. The maximum absolute atomic E-state index is 12.4. The van der Waals surface area contributed by atoms with E-state index in [0.29, 0.717) is 17.1 Å². The first-order chi connectivity index (χ1) is 13.2. The summed E-state index contributed by atoms with van der Waals surface area (Å²) in [4.78, 5) is 18.9. The van der Waals surface area contributed by atoms with Gasteiger partial charge >= 0.3 is 0 Å². The Morgan fingerprint density at radius 3 is 2.67 bits per heavy atom. The third-order valence-electron chi connectivity index (χ3n) is 4.90. The Morgan fingerprint density at radius 2 is 1.85 bits per heavy atom. The number of benzene rings is 2. The third kappa shape index (κ3) is 3.62. The minimum atomic E-state index is -0.182. The topological polar surface area (TPSA) is 65.5 Å². The second-order valence-electron chi connectivity index (χ2n) is 6.63. The van der Waals surface area contributed by atoms with Crippen molar-refractivity contribution < 1.29 is 9.90 Å². The van der Waals surface area contributed by atoms with E-state index >= 15 is 0 Å². The number of aromatic hydroxyl groups is 1. The lowest BCUT2D eigenvalue weighted by atomic mass is 10.0. The van der Waals surface area contributed by atoms with E-state index in [1.54, 1.807) is 24.4 Å². The lowest BCUT2D eigenvalue weighted by Crippen LogP contribution is -2.23. The highest BCUT2D eigenvalue weighted by molar-refractivity contribution is 6.03. The minimum Gasteiger partial charge on any atom is -0.508 e. The van der Waals surface area contributed by atoms with Crippen molar-refractivity contribution in [3.05, 3.63) is 84.1 Å². The van der Waals surface area contributed by atoms with Crippen LogP contribution in [0.3, 0.4) is 0 Å². The Labute approximate surface area is 158 Å². The van der Waals surface area contributed by atoms with Crippen molar-refractivity contribution in [1.29, 1.82) is 0 Å². The second-order valence-corrected chi connectivity index (χ2v) is 6.63. The van der Waals surface area contributed by atoms with Crippen molar-refractivity contribution in [2.75, 3.05) is 16.8 Å². The molecule has 1 aromatic heterocycles. The van der Waals surface area contributed by atoms with Crippen LogP contribution in [-0.4, -0.2) is 22.5 Å². The highest BCUT2D eigenvalue weighted by Crippen LogP contribution is 2.39. The van der Waals surface area contributed by atoms with E-state index < -0.39 is 0 Å². The van der Waals surface area contributed by atoms with Crippen LogP contribution < -0.4 is 10.2 Å². The van der Waals surface area contributed by atoms with Gasteiger partial charge in [0.2, 0.25) is 0 Å². The van der Waals surface area contributed by atoms with Gasteiger partial charge in [0.05, 0.1) is 6.04 Å². The number of hydrogen-bond donors (Lipinski definition) is 2. The summed E-state index contributed by atoms with van der Waals surface area (Å²) in [5, 5.41) is 13.1. The molecule has 0 aliphatic carbocycles. The van der Waals surface area contributed by atoms with Crippen LogP contribution in [0.2, 0.25) is 0 Å². The van der Waals surface area contributed by atoms with Gasteiger partial charge in [-0.15, -0.1) is 0 Å². The van der Waals surface area contributed by atoms with Crippen molar-refractivity contribution in [2.24, 2.45) is 0 Å². The van der Waals surface area contributed by atoms with Crippen LogP contribution in [0, 0.1) is 0 Å². The standard InChI is InChI=1S/C22H21N3O2/c26-20-11-5-4-9-18(20)19-10-6-14-25(19)17-12-13-23-21(15-17)24-22(27)16-7-2-1-3-8-16/h1-5,7-9,11-13,15,19,26H,6,10,14H2,(H,23,24,27). The molecule has 1 unspecified atom stereocenters. The highest BCUT2D eigenvalue weighted by Gasteiger charge is 2.28. The Hall–Kier alpha value is -3.34. The molecule has 27 heavy (non-hydrogen) atoms. The van der Waals surface area contributed by atoms with E-state index in [-0.39, 0.29) is 11.9 Å². The fourth-order valence-electron chi connectivity index (χ4n) is 3.61. The third-order valence-corrected chi connectivity index (χ3v) is 4.90. The fourth-order valence-corrected chi connectivity index (χ4v) is 3.61. The van der Waals surface area contributed by atoms with E-state index in [1.807, 2.05) is 48.5 Å². The van der Waals surface area contributed by atoms with E-state index in [0.717, 1.165) is 30.6 Å². The number of rotatable bonds is 4. The Kier molecular flexibility index (Phi) is 4.75. The van der Waals surface area contributed by atoms with Gasteiger partial charge in [0.25, 0.3) is 5.91 Å². The molecule has 1 atom stereocenters. The smallest absolute Gasteiger partial charge is 0.256 e. The number of para-hydroxylation sites is 1. The van der Waals surface area contributed by atoms with Crippen LogP contribution in [-0.2, 0) is 0 Å². The normalized spacial score (nSPS) is 16.3. The molecule has 1 amide bonds. The van der Waals surface area contributed by atoms with E-state index in [2.05, 4.69) is 15.2 Å².